The maximum Gasteiger partial charge on any atom is 0.325 e. The molecule has 1 aliphatic carbocycles. The molecule has 0 aromatic carbocycles. The zero-order valence-electron chi connectivity index (χ0n) is 30.9. The number of esters is 1. The van der Waals surface area contributed by atoms with Crippen LogP contribution in [0.25, 0.3) is 0 Å². The second-order valence-electron chi connectivity index (χ2n) is 14.0. The SMILES string of the molecule is C\C=C/C=C/C(C)=C/C=C/C=C(C)/C=C/C=C(\C)C(=O)CC12OC1(C)CC(OC(=O)CNC(=O)C(CS)NC(=O)CCC(N)C(=O)O)CC2(C)C. The fraction of sp³-hybridized carbons (Fsp3) is 0.513. The summed E-state index contributed by atoms with van der Waals surface area (Å²) in [7, 11) is 0. The van der Waals surface area contributed by atoms with Gasteiger partial charge in [-0.15, -0.1) is 0 Å². The van der Waals surface area contributed by atoms with Crippen LogP contribution in [-0.4, -0.2) is 76.3 Å². The summed E-state index contributed by atoms with van der Waals surface area (Å²) in [4.78, 5) is 61.7. The molecule has 2 amide bonds. The van der Waals surface area contributed by atoms with Crippen LogP contribution >= 0.6 is 12.6 Å². The van der Waals surface area contributed by atoms with Crippen molar-refractivity contribution in [3.63, 3.8) is 0 Å². The van der Waals surface area contributed by atoms with E-state index in [4.69, 9.17) is 20.3 Å². The molecular formula is C39H55N3O8S. The average molecular weight is 726 g/mol. The third-order valence-electron chi connectivity index (χ3n) is 9.25. The van der Waals surface area contributed by atoms with E-state index in [-0.39, 0.29) is 30.8 Å². The van der Waals surface area contributed by atoms with Crippen LogP contribution in [0.3, 0.4) is 0 Å². The maximum absolute atomic E-state index is 13.4. The van der Waals surface area contributed by atoms with E-state index in [0.29, 0.717) is 18.4 Å². The number of thiol groups is 1. The van der Waals surface area contributed by atoms with Crippen LogP contribution in [0.1, 0.15) is 80.6 Å². The normalized spacial score (nSPS) is 24.8. The van der Waals surface area contributed by atoms with Gasteiger partial charge in [0.15, 0.2) is 5.78 Å². The lowest BCUT2D eigenvalue weighted by Gasteiger charge is -2.41. The van der Waals surface area contributed by atoms with Gasteiger partial charge >= 0.3 is 11.9 Å². The molecule has 5 N–H and O–H groups in total. The zero-order chi connectivity index (χ0) is 38.4. The number of ketones is 1. The number of hydrogen-bond acceptors (Lipinski definition) is 9. The molecule has 280 valence electrons. The molecule has 1 aliphatic heterocycles. The zero-order valence-corrected chi connectivity index (χ0v) is 31.8. The minimum Gasteiger partial charge on any atom is -0.480 e. The molecule has 5 unspecified atom stereocenters. The number of carboxylic acid groups (broad SMARTS) is 1. The molecule has 2 rings (SSSR count). The first-order valence-electron chi connectivity index (χ1n) is 17.2. The molecule has 5 atom stereocenters. The van der Waals surface area contributed by atoms with E-state index in [1.54, 1.807) is 6.92 Å². The molecule has 12 heteroatoms. The van der Waals surface area contributed by atoms with Crippen LogP contribution in [-0.2, 0) is 33.4 Å². The number of fused-ring (bicyclic) bond motifs is 1. The van der Waals surface area contributed by atoms with Crippen molar-refractivity contribution in [3.8, 4) is 0 Å². The summed E-state index contributed by atoms with van der Waals surface area (Å²) in [5.41, 5.74) is 6.35. The van der Waals surface area contributed by atoms with Crippen molar-refractivity contribution in [2.75, 3.05) is 12.3 Å². The summed E-state index contributed by atoms with van der Waals surface area (Å²) in [5, 5.41) is 13.8. The highest BCUT2D eigenvalue weighted by atomic mass is 32.1. The number of amides is 2. The summed E-state index contributed by atoms with van der Waals surface area (Å²) < 4.78 is 12.1. The molecule has 1 saturated carbocycles. The van der Waals surface area contributed by atoms with E-state index < -0.39 is 65.1 Å². The predicted octanol–water partition coefficient (Wildman–Crippen LogP) is 5.01. The molecule has 11 nitrogen and oxygen atoms in total. The lowest BCUT2D eigenvalue weighted by Crippen LogP contribution is -2.51. The Labute approximate surface area is 307 Å². The number of ether oxygens (including phenoxy) is 2. The fourth-order valence-electron chi connectivity index (χ4n) is 6.23. The molecule has 0 bridgehead atoms. The number of hydrogen-bond donors (Lipinski definition) is 5. The van der Waals surface area contributed by atoms with Crippen molar-refractivity contribution < 1.29 is 38.6 Å². The minimum absolute atomic E-state index is 0.0155. The third kappa shape index (κ3) is 12.9. The van der Waals surface area contributed by atoms with Crippen LogP contribution < -0.4 is 16.4 Å². The Bertz CT molecular complexity index is 1520. The standard InChI is InChI=1S/C39H55N3O8S/c1-8-9-10-14-26(2)15-11-12-16-27(3)17-13-18-28(4)32(43)23-39-37(5,6)21-29(22-38(39,7)50-39)49-34(45)24-41-35(46)31(25-51)42-33(44)20-19-30(40)36(47)48/h8-18,29-31,51H,19-25,40H2,1-7H3,(H,41,46)(H,42,44)(H,47,48)/b9-8-,12-11+,14-10+,17-13+,26-15+,27-16+,28-18+. The number of Topliss-reactive ketones (excluding diaryl/α,β-unsaturated/α-hetero) is 1. The monoisotopic (exact) mass is 725 g/mol. The van der Waals surface area contributed by atoms with Gasteiger partial charge in [0.2, 0.25) is 11.8 Å². The molecule has 51 heavy (non-hydrogen) atoms. The third-order valence-corrected chi connectivity index (χ3v) is 9.61. The van der Waals surface area contributed by atoms with Gasteiger partial charge in [0, 0.05) is 30.4 Å². The molecule has 2 fully saturated rings. The number of carbonyl (C=O) groups is 5. The highest BCUT2D eigenvalue weighted by Gasteiger charge is 2.76. The van der Waals surface area contributed by atoms with Gasteiger partial charge in [-0.3, -0.25) is 24.0 Å². The van der Waals surface area contributed by atoms with E-state index in [0.717, 1.165) is 11.1 Å². The van der Waals surface area contributed by atoms with E-state index in [9.17, 15) is 24.0 Å². The number of aliphatic carboxylic acids is 1. The van der Waals surface area contributed by atoms with Gasteiger partial charge in [-0.25, -0.2) is 0 Å². The lowest BCUT2D eigenvalue weighted by molar-refractivity contribution is -0.153. The number of rotatable bonds is 19. The van der Waals surface area contributed by atoms with Gasteiger partial charge < -0.3 is 30.9 Å². The van der Waals surface area contributed by atoms with Gasteiger partial charge in [-0.1, -0.05) is 91.8 Å². The number of allylic oxidation sites excluding steroid dienone is 14. The second kappa shape index (κ2) is 19.6. The molecule has 0 aromatic heterocycles. The molecular weight excluding hydrogens is 671 g/mol. The summed E-state index contributed by atoms with van der Waals surface area (Å²) in [6, 6.07) is -2.23. The molecule has 1 saturated heterocycles. The van der Waals surface area contributed by atoms with Crippen molar-refractivity contribution in [3.05, 3.63) is 83.6 Å². The number of nitrogens with two attached hydrogens (primary N) is 1. The number of carboxylic acids is 1. The van der Waals surface area contributed by atoms with Gasteiger partial charge in [0.05, 0.1) is 5.60 Å². The first kappa shape index (κ1) is 43.2. The Morgan fingerprint density at radius 2 is 1.59 bits per heavy atom. The van der Waals surface area contributed by atoms with Gasteiger partial charge in [0.1, 0.15) is 30.3 Å². The molecule has 0 aromatic rings. The van der Waals surface area contributed by atoms with Gasteiger partial charge in [-0.05, 0) is 53.0 Å². The Hall–Kier alpha value is -4.00. The van der Waals surface area contributed by atoms with Crippen LogP contribution in [0.5, 0.6) is 0 Å². The summed E-state index contributed by atoms with van der Waals surface area (Å²) in [6.07, 6.45) is 21.9. The smallest absolute Gasteiger partial charge is 0.325 e. The molecule has 1 heterocycles. The number of nitrogens with one attached hydrogen (secondary N) is 2. The predicted molar refractivity (Wildman–Crippen MR) is 202 cm³/mol. The van der Waals surface area contributed by atoms with Crippen LogP contribution in [0.4, 0.5) is 0 Å². The van der Waals surface area contributed by atoms with Crippen molar-refractivity contribution in [1.29, 1.82) is 0 Å². The number of carbonyl (C=O) groups excluding carboxylic acids is 4. The maximum atomic E-state index is 13.4. The second-order valence-corrected chi connectivity index (χ2v) is 14.3. The Morgan fingerprint density at radius 1 is 0.961 bits per heavy atom. The summed E-state index contributed by atoms with van der Waals surface area (Å²) in [5.74, 6) is -3.13. The lowest BCUT2D eigenvalue weighted by atomic mass is 9.61. The van der Waals surface area contributed by atoms with Crippen LogP contribution in [0.2, 0.25) is 0 Å². The molecule has 2 aliphatic rings. The van der Waals surface area contributed by atoms with E-state index in [1.807, 2.05) is 108 Å². The van der Waals surface area contributed by atoms with Gasteiger partial charge in [-0.2, -0.15) is 12.6 Å². The van der Waals surface area contributed by atoms with E-state index >= 15 is 0 Å². The topological polar surface area (TPSA) is 177 Å². The van der Waals surface area contributed by atoms with Crippen LogP contribution in [0, 0.1) is 5.41 Å². The summed E-state index contributed by atoms with van der Waals surface area (Å²) >= 11 is 4.10. The van der Waals surface area contributed by atoms with Crippen LogP contribution in [0.15, 0.2) is 83.6 Å². The Morgan fingerprint density at radius 3 is 2.16 bits per heavy atom. The molecule has 0 radical (unpaired) electrons. The summed E-state index contributed by atoms with van der Waals surface area (Å²) in [6.45, 7) is 13.3. The first-order chi connectivity index (χ1) is 23.9. The quantitative estimate of drug-likeness (QED) is 0.0403. The highest BCUT2D eigenvalue weighted by molar-refractivity contribution is 7.80. The van der Waals surface area contributed by atoms with Crippen molar-refractivity contribution in [2.24, 2.45) is 11.1 Å². The van der Waals surface area contributed by atoms with Crippen molar-refractivity contribution in [2.45, 2.75) is 110 Å². The fourth-order valence-corrected chi connectivity index (χ4v) is 6.49. The van der Waals surface area contributed by atoms with Crippen molar-refractivity contribution >= 4 is 42.2 Å². The first-order valence-corrected chi connectivity index (χ1v) is 17.8. The van der Waals surface area contributed by atoms with E-state index in [1.165, 1.54) is 0 Å². The number of epoxide rings is 1. The Balaban J connectivity index is 1.90. The van der Waals surface area contributed by atoms with E-state index in [2.05, 4.69) is 23.3 Å². The minimum atomic E-state index is -1.23. The Kier molecular flexibility index (Phi) is 16.6. The largest absolute Gasteiger partial charge is 0.480 e. The average Bonchev–Trinajstić information content (AvgIpc) is 3.67. The van der Waals surface area contributed by atoms with Crippen molar-refractivity contribution in [1.82, 2.24) is 10.6 Å². The van der Waals surface area contributed by atoms with Gasteiger partial charge in [0.25, 0.3) is 0 Å². The molecule has 0 spiro atoms. The highest BCUT2D eigenvalue weighted by Crippen LogP contribution is 2.67.